The maximum Gasteiger partial charge on any atom is 0.322 e. The molecular formula is C14H14F3N3O3S. The van der Waals surface area contributed by atoms with Gasteiger partial charge in [0.05, 0.1) is 21.3 Å². The lowest BCUT2D eigenvalue weighted by Gasteiger charge is -2.12. The van der Waals surface area contributed by atoms with Crippen LogP contribution in [-0.4, -0.2) is 26.1 Å². The molecule has 1 N–H and O–H groups in total. The predicted octanol–water partition coefficient (Wildman–Crippen LogP) is 3.22. The fourth-order valence-corrected chi connectivity index (χ4v) is 3.25. The maximum atomic E-state index is 14.6. The zero-order valence-corrected chi connectivity index (χ0v) is 13.6. The van der Waals surface area contributed by atoms with E-state index in [4.69, 9.17) is 4.42 Å². The molecule has 0 spiro atoms. The van der Waals surface area contributed by atoms with Crippen molar-refractivity contribution >= 4 is 22.7 Å². The van der Waals surface area contributed by atoms with Crippen molar-refractivity contribution in [3.8, 4) is 0 Å². The summed E-state index contributed by atoms with van der Waals surface area (Å²) in [6.07, 6.45) is -2.60. The number of halogens is 3. The van der Waals surface area contributed by atoms with Crippen LogP contribution in [0.5, 0.6) is 0 Å². The Hall–Kier alpha value is -2.23. The van der Waals surface area contributed by atoms with E-state index in [0.29, 0.717) is 6.42 Å². The zero-order valence-electron chi connectivity index (χ0n) is 12.8. The van der Waals surface area contributed by atoms with Crippen LogP contribution in [0, 0.1) is 12.7 Å². The molecule has 1 atom stereocenters. The van der Waals surface area contributed by atoms with Crippen LogP contribution >= 0.6 is 0 Å². The van der Waals surface area contributed by atoms with Crippen LogP contribution in [0.3, 0.4) is 0 Å². The Morgan fingerprint density at radius 2 is 2.08 bits per heavy atom. The van der Waals surface area contributed by atoms with Crippen LogP contribution < -0.4 is 5.32 Å². The van der Waals surface area contributed by atoms with Gasteiger partial charge in [0.2, 0.25) is 5.89 Å². The number of nitrogens with zero attached hydrogens (tertiary/aromatic N) is 2. The highest BCUT2D eigenvalue weighted by Crippen LogP contribution is 2.30. The molecular weight excluding hydrogens is 347 g/mol. The SMILES string of the molecule is CCCS(=O)c1c(C(F)F)ccc(C(=O)Nc2nnc(C)o2)c1F. The first-order chi connectivity index (χ1) is 11.3. The summed E-state index contributed by atoms with van der Waals surface area (Å²) in [5.74, 6) is -2.02. The van der Waals surface area contributed by atoms with E-state index in [2.05, 4.69) is 15.5 Å². The monoisotopic (exact) mass is 361 g/mol. The Bertz CT molecular complexity index is 780. The summed E-state index contributed by atoms with van der Waals surface area (Å²) in [5.41, 5.74) is -1.22. The Morgan fingerprint density at radius 1 is 1.38 bits per heavy atom. The third-order valence-corrected chi connectivity index (χ3v) is 4.62. The van der Waals surface area contributed by atoms with E-state index in [-0.39, 0.29) is 17.7 Å². The van der Waals surface area contributed by atoms with Crippen LogP contribution in [0.15, 0.2) is 21.4 Å². The lowest BCUT2D eigenvalue weighted by atomic mass is 10.1. The molecule has 1 amide bonds. The molecule has 1 aromatic carbocycles. The number of benzene rings is 1. The van der Waals surface area contributed by atoms with Gasteiger partial charge in [0.15, 0.2) is 5.82 Å². The van der Waals surface area contributed by atoms with E-state index >= 15 is 0 Å². The molecule has 6 nitrogen and oxygen atoms in total. The Morgan fingerprint density at radius 3 is 2.62 bits per heavy atom. The third kappa shape index (κ3) is 3.81. The van der Waals surface area contributed by atoms with E-state index < -0.39 is 45.0 Å². The van der Waals surface area contributed by atoms with Crippen molar-refractivity contribution in [1.29, 1.82) is 0 Å². The highest BCUT2D eigenvalue weighted by Gasteiger charge is 2.26. The molecule has 1 heterocycles. The van der Waals surface area contributed by atoms with Gasteiger partial charge in [-0.1, -0.05) is 18.1 Å². The molecule has 1 unspecified atom stereocenters. The second-order valence-corrected chi connectivity index (χ2v) is 6.28. The van der Waals surface area contributed by atoms with Crippen LogP contribution in [-0.2, 0) is 10.8 Å². The Kier molecular flexibility index (Phi) is 5.71. The summed E-state index contributed by atoms with van der Waals surface area (Å²) >= 11 is 0. The maximum absolute atomic E-state index is 14.6. The number of nitrogens with one attached hydrogen (secondary N) is 1. The quantitative estimate of drug-likeness (QED) is 0.854. The summed E-state index contributed by atoms with van der Waals surface area (Å²) in [6, 6.07) is 1.54. The number of aromatic nitrogens is 2. The molecule has 10 heteroatoms. The highest BCUT2D eigenvalue weighted by atomic mass is 32.2. The van der Waals surface area contributed by atoms with E-state index in [1.54, 1.807) is 6.92 Å². The fourth-order valence-electron chi connectivity index (χ4n) is 1.95. The van der Waals surface area contributed by atoms with E-state index in [1.165, 1.54) is 6.92 Å². The highest BCUT2D eigenvalue weighted by molar-refractivity contribution is 7.85. The van der Waals surface area contributed by atoms with E-state index in [9.17, 15) is 22.2 Å². The number of carbonyl (C=O) groups is 1. The largest absolute Gasteiger partial charge is 0.408 e. The van der Waals surface area contributed by atoms with E-state index in [1.807, 2.05) is 0 Å². The molecule has 130 valence electrons. The van der Waals surface area contributed by atoms with Crippen molar-refractivity contribution in [2.75, 3.05) is 11.1 Å². The molecule has 0 fully saturated rings. The van der Waals surface area contributed by atoms with Gasteiger partial charge in [-0.15, -0.1) is 5.10 Å². The number of anilines is 1. The van der Waals surface area contributed by atoms with Gasteiger partial charge in [0.25, 0.3) is 12.3 Å². The molecule has 0 bridgehead atoms. The Labute approximate surface area is 137 Å². The minimum absolute atomic E-state index is 0.00453. The number of amides is 1. The van der Waals surface area contributed by atoms with Gasteiger partial charge in [-0.25, -0.2) is 13.2 Å². The van der Waals surface area contributed by atoms with Gasteiger partial charge in [-0.05, 0) is 12.5 Å². The van der Waals surface area contributed by atoms with Crippen LogP contribution in [0.25, 0.3) is 0 Å². The summed E-state index contributed by atoms with van der Waals surface area (Å²) in [4.78, 5) is 11.4. The van der Waals surface area contributed by atoms with Gasteiger partial charge in [0, 0.05) is 18.2 Å². The summed E-state index contributed by atoms with van der Waals surface area (Å²) in [7, 11) is -1.98. The summed E-state index contributed by atoms with van der Waals surface area (Å²) < 4.78 is 57.7. The van der Waals surface area contributed by atoms with Gasteiger partial charge < -0.3 is 4.42 Å². The fraction of sp³-hybridized carbons (Fsp3) is 0.357. The second kappa shape index (κ2) is 7.56. The first kappa shape index (κ1) is 18.1. The Balaban J connectivity index is 2.42. The van der Waals surface area contributed by atoms with Gasteiger partial charge in [-0.3, -0.25) is 14.3 Å². The van der Waals surface area contributed by atoms with Crippen LogP contribution in [0.2, 0.25) is 0 Å². The van der Waals surface area contributed by atoms with Crippen LogP contribution in [0.1, 0.15) is 41.6 Å². The number of alkyl halides is 2. The molecule has 2 rings (SSSR count). The molecule has 2 aromatic rings. The zero-order chi connectivity index (χ0) is 17.9. The summed E-state index contributed by atoms with van der Waals surface area (Å²) in [5, 5.41) is 9.17. The van der Waals surface area contributed by atoms with Crippen molar-refractivity contribution in [1.82, 2.24) is 10.2 Å². The number of hydrogen-bond acceptors (Lipinski definition) is 5. The number of carbonyl (C=O) groups excluding carboxylic acids is 1. The van der Waals surface area contributed by atoms with Crippen LogP contribution in [0.4, 0.5) is 19.2 Å². The lowest BCUT2D eigenvalue weighted by Crippen LogP contribution is -2.17. The number of rotatable bonds is 6. The predicted molar refractivity (Wildman–Crippen MR) is 79.9 cm³/mol. The first-order valence-electron chi connectivity index (χ1n) is 6.95. The molecule has 1 aromatic heterocycles. The second-order valence-electron chi connectivity index (χ2n) is 4.78. The van der Waals surface area contributed by atoms with Crippen molar-refractivity contribution in [3.63, 3.8) is 0 Å². The smallest absolute Gasteiger partial charge is 0.322 e. The molecule has 0 saturated carbocycles. The van der Waals surface area contributed by atoms with Crippen molar-refractivity contribution in [3.05, 3.63) is 35.0 Å². The third-order valence-electron chi connectivity index (χ3n) is 2.97. The normalized spacial score (nSPS) is 12.4. The van der Waals surface area contributed by atoms with E-state index in [0.717, 1.165) is 12.1 Å². The average Bonchev–Trinajstić information content (AvgIpc) is 2.91. The molecule has 24 heavy (non-hydrogen) atoms. The number of aryl methyl sites for hydroxylation is 1. The van der Waals surface area contributed by atoms with Gasteiger partial charge >= 0.3 is 6.01 Å². The first-order valence-corrected chi connectivity index (χ1v) is 8.27. The lowest BCUT2D eigenvalue weighted by molar-refractivity contribution is 0.101. The standard InChI is InChI=1S/C14H14F3N3O3S/c1-3-6-24(22)11-9(12(16)17)5-4-8(10(11)15)13(21)18-14-20-19-7(2)23-14/h4-5,12H,3,6H2,1-2H3,(H,18,20,21). The van der Waals surface area contributed by atoms with Gasteiger partial charge in [0.1, 0.15) is 0 Å². The summed E-state index contributed by atoms with van der Waals surface area (Å²) in [6.45, 7) is 3.18. The minimum Gasteiger partial charge on any atom is -0.408 e. The molecule has 0 saturated heterocycles. The van der Waals surface area contributed by atoms with Crippen molar-refractivity contribution < 1.29 is 26.6 Å². The number of hydrogen-bond donors (Lipinski definition) is 1. The molecule has 0 aliphatic rings. The topological polar surface area (TPSA) is 85.1 Å². The van der Waals surface area contributed by atoms with Crippen molar-refractivity contribution in [2.24, 2.45) is 0 Å². The molecule has 0 aliphatic carbocycles. The molecule has 0 aliphatic heterocycles. The molecule has 0 radical (unpaired) electrons. The van der Waals surface area contributed by atoms with Crippen molar-refractivity contribution in [2.45, 2.75) is 31.6 Å². The van der Waals surface area contributed by atoms with Gasteiger partial charge in [-0.2, -0.15) is 0 Å². The average molecular weight is 361 g/mol. The minimum atomic E-state index is -3.01.